The van der Waals surface area contributed by atoms with Gasteiger partial charge >= 0.3 is 0 Å². The summed E-state index contributed by atoms with van der Waals surface area (Å²) in [7, 11) is 1.91. The second-order valence-electron chi connectivity index (χ2n) is 6.71. The molecule has 0 radical (unpaired) electrons. The van der Waals surface area contributed by atoms with E-state index in [4.69, 9.17) is 4.74 Å². The van der Waals surface area contributed by atoms with Crippen LogP contribution in [0.4, 0.5) is 0 Å². The Morgan fingerprint density at radius 3 is 2.44 bits per heavy atom. The lowest BCUT2D eigenvalue weighted by atomic mass is 10.0. The van der Waals surface area contributed by atoms with Gasteiger partial charge in [-0.05, 0) is 17.9 Å². The first kappa shape index (κ1) is 13.8. The number of carbonyl (C=O) groups excluding carboxylic acids is 1. The molecule has 1 heterocycles. The summed E-state index contributed by atoms with van der Waals surface area (Å²) in [4.78, 5) is 14.6. The van der Waals surface area contributed by atoms with Crippen LogP contribution >= 0.6 is 0 Å². The number of carbonyl (C=O) groups is 1. The van der Waals surface area contributed by atoms with Crippen LogP contribution in [-0.4, -0.2) is 50.2 Å². The second kappa shape index (κ2) is 4.49. The van der Waals surface area contributed by atoms with Crippen molar-refractivity contribution in [2.24, 2.45) is 16.7 Å². The van der Waals surface area contributed by atoms with Gasteiger partial charge in [0.25, 0.3) is 0 Å². The molecule has 1 saturated heterocycles. The number of morpholine rings is 1. The van der Waals surface area contributed by atoms with Gasteiger partial charge in [-0.1, -0.05) is 27.7 Å². The molecule has 1 atom stereocenters. The van der Waals surface area contributed by atoms with Crippen LogP contribution in [0.3, 0.4) is 0 Å². The van der Waals surface area contributed by atoms with Gasteiger partial charge in [0.2, 0.25) is 5.91 Å². The molecule has 1 aliphatic heterocycles. The smallest absolute Gasteiger partial charge is 0.226 e. The number of hydrogen-bond donors (Lipinski definition) is 1. The predicted octanol–water partition coefficient (Wildman–Crippen LogP) is 1.12. The maximum absolute atomic E-state index is 12.6. The molecular formula is C14H26N2O2. The molecular weight excluding hydrogens is 228 g/mol. The van der Waals surface area contributed by atoms with Crippen LogP contribution in [0.25, 0.3) is 0 Å². The SMILES string of the molecule is CNCC1CN(C(=O)C2C(C)(C)C2(C)C)CCO1. The zero-order valence-corrected chi connectivity index (χ0v) is 12.2. The first-order valence-electron chi connectivity index (χ1n) is 6.87. The quantitative estimate of drug-likeness (QED) is 0.820. The van der Waals surface area contributed by atoms with Gasteiger partial charge in [0, 0.05) is 25.6 Å². The molecule has 1 aliphatic carbocycles. The Labute approximate surface area is 110 Å². The van der Waals surface area contributed by atoms with Gasteiger partial charge < -0.3 is 15.0 Å². The summed E-state index contributed by atoms with van der Waals surface area (Å²) in [6.07, 6.45) is 0.137. The second-order valence-corrected chi connectivity index (χ2v) is 6.71. The molecule has 104 valence electrons. The lowest BCUT2D eigenvalue weighted by Crippen LogP contribution is -2.49. The number of hydrogen-bond acceptors (Lipinski definition) is 3. The summed E-state index contributed by atoms with van der Waals surface area (Å²) < 4.78 is 5.65. The minimum Gasteiger partial charge on any atom is -0.373 e. The van der Waals surface area contributed by atoms with Crippen molar-refractivity contribution in [2.75, 3.05) is 33.3 Å². The van der Waals surface area contributed by atoms with E-state index in [1.807, 2.05) is 11.9 Å². The van der Waals surface area contributed by atoms with Crippen LogP contribution < -0.4 is 5.32 Å². The third kappa shape index (κ3) is 2.05. The number of amides is 1. The summed E-state index contributed by atoms with van der Waals surface area (Å²) in [5, 5.41) is 3.11. The minimum absolute atomic E-state index is 0.126. The monoisotopic (exact) mass is 254 g/mol. The van der Waals surface area contributed by atoms with Crippen molar-refractivity contribution in [3.8, 4) is 0 Å². The van der Waals surface area contributed by atoms with Crippen molar-refractivity contribution in [1.29, 1.82) is 0 Å². The Hall–Kier alpha value is -0.610. The lowest BCUT2D eigenvalue weighted by Gasteiger charge is -2.33. The summed E-state index contributed by atoms with van der Waals surface area (Å²) in [5.41, 5.74) is 0.252. The molecule has 0 bridgehead atoms. The highest BCUT2D eigenvalue weighted by atomic mass is 16.5. The summed E-state index contributed by atoms with van der Waals surface area (Å²) in [6, 6.07) is 0. The highest BCUT2D eigenvalue weighted by Gasteiger charge is 2.68. The van der Waals surface area contributed by atoms with Crippen molar-refractivity contribution in [3.05, 3.63) is 0 Å². The molecule has 2 fully saturated rings. The molecule has 2 rings (SSSR count). The molecule has 0 spiro atoms. The van der Waals surface area contributed by atoms with Crippen LogP contribution in [0.5, 0.6) is 0 Å². The van der Waals surface area contributed by atoms with E-state index in [1.165, 1.54) is 0 Å². The lowest BCUT2D eigenvalue weighted by molar-refractivity contribution is -0.141. The number of nitrogens with zero attached hydrogens (tertiary/aromatic N) is 1. The molecule has 1 unspecified atom stereocenters. The van der Waals surface area contributed by atoms with Crippen molar-refractivity contribution in [3.63, 3.8) is 0 Å². The molecule has 0 aromatic heterocycles. The molecule has 1 N–H and O–H groups in total. The Balaban J connectivity index is 1.98. The van der Waals surface area contributed by atoms with Crippen molar-refractivity contribution >= 4 is 5.91 Å². The normalized spacial score (nSPS) is 30.3. The number of rotatable bonds is 3. The first-order valence-corrected chi connectivity index (χ1v) is 6.87. The van der Waals surface area contributed by atoms with Gasteiger partial charge in [0.15, 0.2) is 0 Å². The molecule has 1 saturated carbocycles. The van der Waals surface area contributed by atoms with E-state index in [1.54, 1.807) is 0 Å². The number of ether oxygens (including phenoxy) is 1. The predicted molar refractivity (Wildman–Crippen MR) is 71.3 cm³/mol. The standard InChI is InChI=1S/C14H26N2O2/c1-13(2)11(14(13,3)4)12(17)16-6-7-18-10(9-16)8-15-5/h10-11,15H,6-9H2,1-5H3. The Morgan fingerprint density at radius 1 is 1.33 bits per heavy atom. The zero-order chi connectivity index (χ0) is 13.6. The minimum atomic E-state index is 0.126. The van der Waals surface area contributed by atoms with E-state index in [9.17, 15) is 4.79 Å². The zero-order valence-electron chi connectivity index (χ0n) is 12.2. The van der Waals surface area contributed by atoms with E-state index in [2.05, 4.69) is 33.0 Å². The fraction of sp³-hybridized carbons (Fsp3) is 0.929. The molecule has 2 aliphatic rings. The third-order valence-corrected chi connectivity index (χ3v) is 5.15. The van der Waals surface area contributed by atoms with Gasteiger partial charge in [-0.2, -0.15) is 0 Å². The molecule has 0 aromatic rings. The van der Waals surface area contributed by atoms with Crippen LogP contribution in [0.15, 0.2) is 0 Å². The maximum Gasteiger partial charge on any atom is 0.226 e. The molecule has 1 amide bonds. The fourth-order valence-corrected chi connectivity index (χ4v) is 3.27. The highest BCUT2D eigenvalue weighted by molar-refractivity contribution is 5.84. The van der Waals surface area contributed by atoms with Gasteiger partial charge in [0.1, 0.15) is 0 Å². The Morgan fingerprint density at radius 2 is 1.94 bits per heavy atom. The summed E-state index contributed by atoms with van der Waals surface area (Å²) in [5.74, 6) is 0.479. The van der Waals surface area contributed by atoms with E-state index in [0.29, 0.717) is 12.5 Å². The summed E-state index contributed by atoms with van der Waals surface area (Å²) >= 11 is 0. The van der Waals surface area contributed by atoms with Crippen molar-refractivity contribution in [2.45, 2.75) is 33.8 Å². The largest absolute Gasteiger partial charge is 0.373 e. The van der Waals surface area contributed by atoms with Crippen molar-refractivity contribution < 1.29 is 9.53 Å². The van der Waals surface area contributed by atoms with Crippen molar-refractivity contribution in [1.82, 2.24) is 10.2 Å². The van der Waals surface area contributed by atoms with E-state index in [0.717, 1.165) is 19.6 Å². The fourth-order valence-electron chi connectivity index (χ4n) is 3.27. The number of likely N-dealkylation sites (N-methyl/N-ethyl adjacent to an activating group) is 1. The van der Waals surface area contributed by atoms with Crippen LogP contribution in [0.2, 0.25) is 0 Å². The molecule has 18 heavy (non-hydrogen) atoms. The highest BCUT2D eigenvalue weighted by Crippen LogP contribution is 2.68. The Bertz CT molecular complexity index is 323. The molecule has 0 aromatic carbocycles. The Kier molecular flexibility index (Phi) is 3.45. The van der Waals surface area contributed by atoms with Gasteiger partial charge in [-0.25, -0.2) is 0 Å². The van der Waals surface area contributed by atoms with Gasteiger partial charge in [0.05, 0.1) is 12.7 Å². The van der Waals surface area contributed by atoms with Crippen LogP contribution in [0.1, 0.15) is 27.7 Å². The number of nitrogens with one attached hydrogen (secondary N) is 1. The van der Waals surface area contributed by atoms with Crippen LogP contribution in [-0.2, 0) is 9.53 Å². The third-order valence-electron chi connectivity index (χ3n) is 5.15. The average molecular weight is 254 g/mol. The van der Waals surface area contributed by atoms with E-state index >= 15 is 0 Å². The first-order chi connectivity index (χ1) is 8.32. The molecule has 4 heteroatoms. The topological polar surface area (TPSA) is 41.6 Å². The average Bonchev–Trinajstić information content (AvgIpc) is 2.69. The van der Waals surface area contributed by atoms with Gasteiger partial charge in [-0.15, -0.1) is 0 Å². The maximum atomic E-state index is 12.6. The summed E-state index contributed by atoms with van der Waals surface area (Å²) in [6.45, 7) is 11.7. The van der Waals surface area contributed by atoms with E-state index in [-0.39, 0.29) is 22.9 Å². The molecule has 4 nitrogen and oxygen atoms in total. The van der Waals surface area contributed by atoms with Crippen LogP contribution in [0, 0.1) is 16.7 Å². The van der Waals surface area contributed by atoms with Gasteiger partial charge in [-0.3, -0.25) is 4.79 Å². The van der Waals surface area contributed by atoms with E-state index < -0.39 is 0 Å².